The molecule has 7 nitrogen and oxygen atoms in total. The maximum absolute atomic E-state index is 11.8. The summed E-state index contributed by atoms with van der Waals surface area (Å²) in [5.74, 6) is 2.81. The van der Waals surface area contributed by atoms with Gasteiger partial charge >= 0.3 is 5.97 Å². The van der Waals surface area contributed by atoms with Crippen LogP contribution in [0.5, 0.6) is 5.75 Å². The molecule has 0 bridgehead atoms. The van der Waals surface area contributed by atoms with Gasteiger partial charge in [-0.25, -0.2) is 14.8 Å². The predicted molar refractivity (Wildman–Crippen MR) is 113 cm³/mol. The van der Waals surface area contributed by atoms with E-state index in [2.05, 4.69) is 16.8 Å². The summed E-state index contributed by atoms with van der Waals surface area (Å²) < 4.78 is 10.9. The van der Waals surface area contributed by atoms with Gasteiger partial charge < -0.3 is 19.5 Å². The SMILES string of the molecule is COC(=O)c1cccc(O[C@@H]2C[C@@H]3CN(c4nc(C)nc(C)c4C)C[C@@H]3C[C@H]2O)c1. The van der Waals surface area contributed by atoms with Gasteiger partial charge in [0.05, 0.1) is 18.8 Å². The lowest BCUT2D eigenvalue weighted by molar-refractivity contribution is -0.0231. The molecule has 2 fully saturated rings. The molecular formula is C23H29N3O4. The Morgan fingerprint density at radius 3 is 2.60 bits per heavy atom. The van der Waals surface area contributed by atoms with Gasteiger partial charge in [0.15, 0.2) is 0 Å². The number of carbonyl (C=O) groups excluding carboxylic acids is 1. The van der Waals surface area contributed by atoms with Crippen LogP contribution in [0, 0.1) is 32.6 Å². The first-order valence-corrected chi connectivity index (χ1v) is 10.5. The lowest BCUT2D eigenvalue weighted by Crippen LogP contribution is -2.42. The minimum atomic E-state index is -0.539. The highest BCUT2D eigenvalue weighted by Gasteiger charge is 2.43. The Bertz CT molecular complexity index is 948. The number of aliphatic hydroxyl groups excluding tert-OH is 1. The van der Waals surface area contributed by atoms with Crippen LogP contribution < -0.4 is 9.64 Å². The molecule has 1 aliphatic carbocycles. The number of benzene rings is 1. The number of hydrogen-bond acceptors (Lipinski definition) is 7. The van der Waals surface area contributed by atoms with Crippen LogP contribution in [-0.4, -0.2) is 53.5 Å². The summed E-state index contributed by atoms with van der Waals surface area (Å²) in [6, 6.07) is 6.93. The Balaban J connectivity index is 1.47. The molecule has 4 rings (SSSR count). The number of anilines is 1. The second-order valence-electron chi connectivity index (χ2n) is 8.44. The molecule has 0 amide bonds. The van der Waals surface area contributed by atoms with Gasteiger partial charge in [0.1, 0.15) is 23.5 Å². The number of ether oxygens (including phenoxy) is 2. The summed E-state index contributed by atoms with van der Waals surface area (Å²) in [4.78, 5) is 23.3. The predicted octanol–water partition coefficient (Wildman–Crippen LogP) is 2.84. The zero-order valence-electron chi connectivity index (χ0n) is 18.0. The zero-order chi connectivity index (χ0) is 21.4. The minimum Gasteiger partial charge on any atom is -0.488 e. The van der Waals surface area contributed by atoms with Gasteiger partial charge in [-0.05, 0) is 63.6 Å². The first-order chi connectivity index (χ1) is 14.4. The molecule has 30 heavy (non-hydrogen) atoms. The number of carbonyl (C=O) groups is 1. The maximum atomic E-state index is 11.8. The molecule has 0 spiro atoms. The molecule has 1 aromatic heterocycles. The first-order valence-electron chi connectivity index (χ1n) is 10.5. The highest BCUT2D eigenvalue weighted by molar-refractivity contribution is 5.89. The number of fused-ring (bicyclic) bond motifs is 1. The van der Waals surface area contributed by atoms with E-state index in [9.17, 15) is 9.90 Å². The number of hydrogen-bond donors (Lipinski definition) is 1. The fraction of sp³-hybridized carbons (Fsp3) is 0.522. The lowest BCUT2D eigenvalue weighted by atomic mass is 9.78. The molecule has 2 aliphatic rings. The number of rotatable bonds is 4. The van der Waals surface area contributed by atoms with Gasteiger partial charge in [0.25, 0.3) is 0 Å². The molecule has 2 heterocycles. The normalized spacial score (nSPS) is 25.7. The van der Waals surface area contributed by atoms with Crippen LogP contribution in [0.4, 0.5) is 5.82 Å². The average molecular weight is 412 g/mol. The van der Waals surface area contributed by atoms with Gasteiger partial charge in [-0.1, -0.05) is 6.07 Å². The van der Waals surface area contributed by atoms with Gasteiger partial charge in [-0.15, -0.1) is 0 Å². The van der Waals surface area contributed by atoms with Crippen molar-refractivity contribution in [3.05, 3.63) is 46.9 Å². The number of aromatic nitrogens is 2. The van der Waals surface area contributed by atoms with E-state index in [1.165, 1.54) is 7.11 Å². The van der Waals surface area contributed by atoms with Gasteiger partial charge in [-0.2, -0.15) is 0 Å². The standard InChI is InChI=1S/C23H29N3O4/c1-13-14(2)24-15(3)25-22(13)26-11-17-9-20(27)21(10-18(17)12-26)30-19-7-5-6-16(8-19)23(28)29-4/h5-8,17-18,20-21,27H,9-12H2,1-4H3/t17-,18+,20+,21+/m0/s1. The third-order valence-electron chi connectivity index (χ3n) is 6.40. The third-order valence-corrected chi connectivity index (χ3v) is 6.40. The summed E-state index contributed by atoms with van der Waals surface area (Å²) >= 11 is 0. The molecule has 160 valence electrons. The van der Waals surface area contributed by atoms with Crippen molar-refractivity contribution in [2.75, 3.05) is 25.1 Å². The van der Waals surface area contributed by atoms with Gasteiger partial charge in [0, 0.05) is 24.3 Å². The Hall–Kier alpha value is -2.67. The van der Waals surface area contributed by atoms with Gasteiger partial charge in [-0.3, -0.25) is 0 Å². The van der Waals surface area contributed by atoms with Crippen LogP contribution in [0.1, 0.15) is 40.3 Å². The van der Waals surface area contributed by atoms with E-state index in [0.29, 0.717) is 29.6 Å². The molecule has 0 unspecified atom stereocenters. The maximum Gasteiger partial charge on any atom is 0.337 e. The molecule has 1 N–H and O–H groups in total. The zero-order valence-corrected chi connectivity index (χ0v) is 18.0. The molecule has 7 heteroatoms. The molecule has 0 radical (unpaired) electrons. The van der Waals surface area contributed by atoms with E-state index in [-0.39, 0.29) is 6.10 Å². The third kappa shape index (κ3) is 3.99. The highest BCUT2D eigenvalue weighted by atomic mass is 16.5. The van der Waals surface area contributed by atoms with Crippen LogP contribution >= 0.6 is 0 Å². The van der Waals surface area contributed by atoms with E-state index in [1.54, 1.807) is 18.2 Å². The van der Waals surface area contributed by atoms with Crippen molar-refractivity contribution in [2.24, 2.45) is 11.8 Å². The minimum absolute atomic E-state index is 0.297. The second kappa shape index (κ2) is 8.22. The molecule has 1 saturated heterocycles. The Morgan fingerprint density at radius 2 is 1.87 bits per heavy atom. The van der Waals surface area contributed by atoms with Crippen LogP contribution in [0.3, 0.4) is 0 Å². The number of nitrogens with zero attached hydrogens (tertiary/aromatic N) is 3. The van der Waals surface area contributed by atoms with E-state index >= 15 is 0 Å². The van der Waals surface area contributed by atoms with Crippen LogP contribution in [-0.2, 0) is 4.74 Å². The summed E-state index contributed by atoms with van der Waals surface area (Å²) in [5, 5.41) is 10.7. The summed E-state index contributed by atoms with van der Waals surface area (Å²) in [6.07, 6.45) is 0.634. The molecular weight excluding hydrogens is 382 g/mol. The van der Waals surface area contributed by atoms with Crippen molar-refractivity contribution in [2.45, 2.75) is 45.8 Å². The monoisotopic (exact) mass is 411 g/mol. The Kier molecular flexibility index (Phi) is 5.64. The van der Waals surface area contributed by atoms with Crippen molar-refractivity contribution in [1.82, 2.24) is 9.97 Å². The summed E-state index contributed by atoms with van der Waals surface area (Å²) in [6.45, 7) is 7.81. The fourth-order valence-electron chi connectivity index (χ4n) is 4.74. The lowest BCUT2D eigenvalue weighted by Gasteiger charge is -2.35. The van der Waals surface area contributed by atoms with Crippen molar-refractivity contribution in [3.63, 3.8) is 0 Å². The molecule has 2 aromatic rings. The number of esters is 1. The number of methoxy groups -OCH3 is 1. The largest absolute Gasteiger partial charge is 0.488 e. The Morgan fingerprint density at radius 1 is 1.13 bits per heavy atom. The van der Waals surface area contributed by atoms with E-state index in [0.717, 1.165) is 42.4 Å². The topological polar surface area (TPSA) is 84.8 Å². The summed E-state index contributed by atoms with van der Waals surface area (Å²) in [5.41, 5.74) is 2.57. The van der Waals surface area contributed by atoms with E-state index in [4.69, 9.17) is 14.5 Å². The van der Waals surface area contributed by atoms with Crippen molar-refractivity contribution in [3.8, 4) is 5.75 Å². The Labute approximate surface area is 177 Å². The summed E-state index contributed by atoms with van der Waals surface area (Å²) in [7, 11) is 1.36. The quantitative estimate of drug-likeness (QED) is 0.775. The highest BCUT2D eigenvalue weighted by Crippen LogP contribution is 2.40. The number of aliphatic hydroxyl groups is 1. The van der Waals surface area contributed by atoms with E-state index in [1.807, 2.05) is 19.9 Å². The molecule has 1 saturated carbocycles. The van der Waals surface area contributed by atoms with Crippen LogP contribution in [0.15, 0.2) is 24.3 Å². The van der Waals surface area contributed by atoms with Crippen molar-refractivity contribution >= 4 is 11.8 Å². The van der Waals surface area contributed by atoms with Crippen molar-refractivity contribution < 1.29 is 19.4 Å². The van der Waals surface area contributed by atoms with Crippen molar-refractivity contribution in [1.29, 1.82) is 0 Å². The number of aryl methyl sites for hydroxylation is 2. The van der Waals surface area contributed by atoms with Gasteiger partial charge in [0.2, 0.25) is 0 Å². The van der Waals surface area contributed by atoms with E-state index < -0.39 is 12.1 Å². The molecule has 1 aliphatic heterocycles. The van der Waals surface area contributed by atoms with Crippen LogP contribution in [0.25, 0.3) is 0 Å². The second-order valence-corrected chi connectivity index (χ2v) is 8.44. The fourth-order valence-corrected chi connectivity index (χ4v) is 4.74. The first kappa shape index (κ1) is 20.6. The van der Waals surface area contributed by atoms with Crippen LogP contribution in [0.2, 0.25) is 0 Å². The smallest absolute Gasteiger partial charge is 0.337 e. The molecule has 1 aromatic carbocycles. The molecule has 4 atom stereocenters. The average Bonchev–Trinajstić information content (AvgIpc) is 3.13.